The number of aromatic nitrogens is 2. The Bertz CT molecular complexity index is 826. The van der Waals surface area contributed by atoms with E-state index in [0.717, 1.165) is 12.8 Å². The van der Waals surface area contributed by atoms with E-state index in [9.17, 15) is 14.4 Å². The predicted molar refractivity (Wildman–Crippen MR) is 104 cm³/mol. The summed E-state index contributed by atoms with van der Waals surface area (Å²) in [6, 6.07) is 7.78. The minimum atomic E-state index is -0.491. The summed E-state index contributed by atoms with van der Waals surface area (Å²) >= 11 is 0. The predicted octanol–water partition coefficient (Wildman–Crippen LogP) is 2.72. The molecule has 3 N–H and O–H groups in total. The van der Waals surface area contributed by atoms with Crippen LogP contribution in [0, 0.1) is 17.1 Å². The molecule has 1 aromatic carbocycles. The highest BCUT2D eigenvalue weighted by atomic mass is 19.1. The second kappa shape index (κ2) is 10.4. The minimum absolute atomic E-state index is 0.159. The van der Waals surface area contributed by atoms with Crippen molar-refractivity contribution in [3.8, 4) is 11.8 Å². The van der Waals surface area contributed by atoms with Gasteiger partial charge in [-0.1, -0.05) is 13.3 Å². The number of nitrogens with zero attached hydrogens (tertiary/aromatic N) is 3. The van der Waals surface area contributed by atoms with Crippen LogP contribution in [0.5, 0.6) is 0 Å². The average molecular weight is 387 g/mol. The van der Waals surface area contributed by atoms with E-state index < -0.39 is 6.10 Å². The Balaban J connectivity index is 1.92. The molecule has 0 saturated carbocycles. The van der Waals surface area contributed by atoms with Crippen molar-refractivity contribution in [2.24, 2.45) is 0 Å². The number of nitrogens with one attached hydrogen (secondary N) is 1. The van der Waals surface area contributed by atoms with Crippen molar-refractivity contribution in [2.45, 2.75) is 45.6 Å². The summed E-state index contributed by atoms with van der Waals surface area (Å²) in [6.45, 7) is 4.79. The molecule has 28 heavy (non-hydrogen) atoms. The lowest BCUT2D eigenvalue weighted by atomic mass is 10.1. The number of rotatable bonds is 10. The molecule has 1 unspecified atom stereocenters. The molecule has 8 heteroatoms. The van der Waals surface area contributed by atoms with Gasteiger partial charge in [0, 0.05) is 13.2 Å². The van der Waals surface area contributed by atoms with Crippen molar-refractivity contribution in [3.05, 3.63) is 41.3 Å². The van der Waals surface area contributed by atoms with Crippen molar-refractivity contribution in [1.29, 1.82) is 5.26 Å². The number of amides is 1. The molecular weight excluding hydrogens is 361 g/mol. The van der Waals surface area contributed by atoms with Gasteiger partial charge in [0.1, 0.15) is 29.4 Å². The number of halogens is 1. The van der Waals surface area contributed by atoms with Crippen LogP contribution >= 0.6 is 0 Å². The number of unbranched alkanes of at least 4 members (excludes halogenated alkanes) is 1. The van der Waals surface area contributed by atoms with Gasteiger partial charge in [-0.2, -0.15) is 10.4 Å². The maximum absolute atomic E-state index is 13.1. The molecule has 1 atom stereocenters. The lowest BCUT2D eigenvalue weighted by molar-refractivity contribution is -0.131. The van der Waals surface area contributed by atoms with E-state index >= 15 is 0 Å². The molecule has 0 fully saturated rings. The molecule has 0 aliphatic rings. The number of benzene rings is 1. The summed E-state index contributed by atoms with van der Waals surface area (Å²) in [4.78, 5) is 12.0. The number of nitrogen functional groups attached to an aromatic ring is 1. The molecule has 0 aliphatic heterocycles. The highest BCUT2D eigenvalue weighted by Gasteiger charge is 2.17. The molecule has 0 spiro atoms. The monoisotopic (exact) mass is 387 g/mol. The van der Waals surface area contributed by atoms with Gasteiger partial charge >= 0.3 is 0 Å². The number of aryl methyl sites for hydroxylation is 1. The van der Waals surface area contributed by atoms with Gasteiger partial charge < -0.3 is 15.8 Å². The first-order chi connectivity index (χ1) is 13.5. The van der Waals surface area contributed by atoms with E-state index in [0.29, 0.717) is 42.9 Å². The highest BCUT2D eigenvalue weighted by Crippen LogP contribution is 2.21. The fourth-order valence-corrected chi connectivity index (χ4v) is 2.65. The largest absolute Gasteiger partial charge is 0.382 e. The first-order valence-electron chi connectivity index (χ1n) is 9.40. The van der Waals surface area contributed by atoms with E-state index in [2.05, 4.69) is 23.4 Å². The van der Waals surface area contributed by atoms with Crippen LogP contribution in [0.4, 0.5) is 10.2 Å². The summed E-state index contributed by atoms with van der Waals surface area (Å²) in [5.74, 6) is -0.307. The van der Waals surface area contributed by atoms with Gasteiger partial charge in [-0.05, 0) is 50.5 Å². The zero-order valence-corrected chi connectivity index (χ0v) is 16.2. The number of ether oxygens (including phenoxy) is 1. The van der Waals surface area contributed by atoms with Crippen LogP contribution in [0.25, 0.3) is 5.69 Å². The summed E-state index contributed by atoms with van der Waals surface area (Å²) in [5.41, 5.74) is 7.45. The Morgan fingerprint density at radius 1 is 1.39 bits per heavy atom. The fourth-order valence-electron chi connectivity index (χ4n) is 2.65. The standard InChI is InChI=1S/C20H26FN5O2/c1-3-4-12-28-14(2)20(27)24-11-5-6-18-17(13-22)19(23)26(25-18)16-9-7-15(21)8-10-16/h7-10,14H,3-6,11-12,23H2,1-2H3,(H,24,27). The SMILES string of the molecule is CCCCOC(C)C(=O)NCCCc1nn(-c2ccc(F)cc2)c(N)c1C#N. The van der Waals surface area contributed by atoms with Crippen LogP contribution in [-0.4, -0.2) is 34.9 Å². The zero-order valence-electron chi connectivity index (χ0n) is 16.2. The topological polar surface area (TPSA) is 106 Å². The Hall–Kier alpha value is -2.92. The number of nitrogens with two attached hydrogens (primary N) is 1. The van der Waals surface area contributed by atoms with Gasteiger partial charge in [0.2, 0.25) is 5.91 Å². The quantitative estimate of drug-likeness (QED) is 0.610. The molecule has 2 rings (SSSR count). The van der Waals surface area contributed by atoms with Crippen LogP contribution < -0.4 is 11.1 Å². The van der Waals surface area contributed by atoms with E-state index in [4.69, 9.17) is 10.5 Å². The lowest BCUT2D eigenvalue weighted by Gasteiger charge is -2.12. The fraction of sp³-hybridized carbons (Fsp3) is 0.450. The van der Waals surface area contributed by atoms with E-state index in [1.165, 1.54) is 16.8 Å². The Morgan fingerprint density at radius 2 is 2.11 bits per heavy atom. The molecular formula is C20H26FN5O2. The Morgan fingerprint density at radius 3 is 2.75 bits per heavy atom. The first kappa shape index (κ1) is 21.4. The number of hydrogen-bond acceptors (Lipinski definition) is 5. The van der Waals surface area contributed by atoms with Crippen molar-refractivity contribution < 1.29 is 13.9 Å². The third kappa shape index (κ3) is 5.54. The van der Waals surface area contributed by atoms with E-state index in [1.54, 1.807) is 19.1 Å². The molecule has 0 bridgehead atoms. The normalized spacial score (nSPS) is 11.8. The first-order valence-corrected chi connectivity index (χ1v) is 9.40. The number of anilines is 1. The second-order valence-electron chi connectivity index (χ2n) is 6.47. The molecule has 7 nitrogen and oxygen atoms in total. The van der Waals surface area contributed by atoms with Crippen molar-refractivity contribution >= 4 is 11.7 Å². The number of carbonyl (C=O) groups excluding carboxylic acids is 1. The van der Waals surface area contributed by atoms with Gasteiger partial charge in [0.25, 0.3) is 0 Å². The molecule has 150 valence electrons. The van der Waals surface area contributed by atoms with Crippen LogP contribution in [-0.2, 0) is 16.0 Å². The maximum atomic E-state index is 13.1. The van der Waals surface area contributed by atoms with Crippen molar-refractivity contribution in [3.63, 3.8) is 0 Å². The van der Waals surface area contributed by atoms with Crippen LogP contribution in [0.1, 0.15) is 44.4 Å². The maximum Gasteiger partial charge on any atom is 0.248 e. The third-order valence-electron chi connectivity index (χ3n) is 4.30. The van der Waals surface area contributed by atoms with Crippen molar-refractivity contribution in [2.75, 3.05) is 18.9 Å². The molecule has 0 saturated heterocycles. The summed E-state index contributed by atoms with van der Waals surface area (Å²) < 4.78 is 20.0. The number of nitriles is 1. The van der Waals surface area contributed by atoms with Gasteiger partial charge in [0.15, 0.2) is 0 Å². The van der Waals surface area contributed by atoms with E-state index in [-0.39, 0.29) is 17.5 Å². The smallest absolute Gasteiger partial charge is 0.248 e. The minimum Gasteiger partial charge on any atom is -0.382 e. The van der Waals surface area contributed by atoms with Crippen LogP contribution in [0.3, 0.4) is 0 Å². The lowest BCUT2D eigenvalue weighted by Crippen LogP contribution is -2.35. The van der Waals surface area contributed by atoms with Gasteiger partial charge in [0.05, 0.1) is 11.4 Å². The molecule has 1 heterocycles. The van der Waals surface area contributed by atoms with Crippen LogP contribution in [0.15, 0.2) is 24.3 Å². The molecule has 0 radical (unpaired) electrons. The van der Waals surface area contributed by atoms with Crippen molar-refractivity contribution in [1.82, 2.24) is 15.1 Å². The molecule has 1 aromatic heterocycles. The molecule has 0 aliphatic carbocycles. The zero-order chi connectivity index (χ0) is 20.5. The van der Waals surface area contributed by atoms with Gasteiger partial charge in [-0.15, -0.1) is 0 Å². The number of hydrogen-bond donors (Lipinski definition) is 2. The van der Waals surface area contributed by atoms with Crippen LogP contribution in [0.2, 0.25) is 0 Å². The summed E-state index contributed by atoms with van der Waals surface area (Å²) in [7, 11) is 0. The Kier molecular flexibility index (Phi) is 7.96. The number of carbonyl (C=O) groups is 1. The van der Waals surface area contributed by atoms with Gasteiger partial charge in [-0.3, -0.25) is 4.79 Å². The second-order valence-corrected chi connectivity index (χ2v) is 6.47. The average Bonchev–Trinajstić information content (AvgIpc) is 3.01. The third-order valence-corrected chi connectivity index (χ3v) is 4.30. The van der Waals surface area contributed by atoms with E-state index in [1.807, 2.05) is 0 Å². The Labute approximate surface area is 164 Å². The van der Waals surface area contributed by atoms with Gasteiger partial charge in [-0.25, -0.2) is 9.07 Å². The highest BCUT2D eigenvalue weighted by molar-refractivity contribution is 5.80. The summed E-state index contributed by atoms with van der Waals surface area (Å²) in [5, 5.41) is 16.6. The molecule has 1 amide bonds. The molecule has 2 aromatic rings. The summed E-state index contributed by atoms with van der Waals surface area (Å²) in [6.07, 6.45) is 2.53.